The zero-order chi connectivity index (χ0) is 19.2. The lowest BCUT2D eigenvalue weighted by atomic mass is 9.94. The molecule has 3 aliphatic rings. The first-order valence-electron chi connectivity index (χ1n) is 11.4. The molecule has 0 N–H and O–H groups in total. The molecule has 1 saturated carbocycles. The molecule has 2 heterocycles. The number of likely N-dealkylation sites (tertiary alicyclic amines) is 1. The number of ether oxygens (including phenoxy) is 1. The van der Waals surface area contributed by atoms with Crippen LogP contribution in [-0.2, 0) is 11.3 Å². The largest absolute Gasteiger partial charge is 0.377 e. The van der Waals surface area contributed by atoms with E-state index in [4.69, 9.17) is 11.2 Å². The first-order valence-corrected chi connectivity index (χ1v) is 11.4. The summed E-state index contributed by atoms with van der Waals surface area (Å²) in [5.74, 6) is 3.54. The molecule has 1 aromatic carbocycles. The minimum absolute atomic E-state index is 0.420. The summed E-state index contributed by atoms with van der Waals surface area (Å²) in [6.07, 6.45) is 16.8. The summed E-state index contributed by atoms with van der Waals surface area (Å²) in [5.41, 5.74) is 2.33. The van der Waals surface area contributed by atoms with Crippen LogP contribution in [0.1, 0.15) is 62.5 Å². The Hall–Kier alpha value is -1.34. The molecular weight excluding hydrogens is 344 g/mol. The molecule has 2 aliphatic heterocycles. The summed E-state index contributed by atoms with van der Waals surface area (Å²) >= 11 is 0. The topological polar surface area (TPSA) is 15.7 Å². The van der Waals surface area contributed by atoms with Crippen molar-refractivity contribution in [3.8, 4) is 12.3 Å². The molecule has 1 unspecified atom stereocenters. The van der Waals surface area contributed by atoms with Crippen LogP contribution in [0.5, 0.6) is 0 Å². The first kappa shape index (κ1) is 20.0. The van der Waals surface area contributed by atoms with Gasteiger partial charge in [0.25, 0.3) is 0 Å². The number of piperidine rings is 1. The molecule has 0 aromatic heterocycles. The summed E-state index contributed by atoms with van der Waals surface area (Å²) < 4.78 is 5.95. The third kappa shape index (κ3) is 5.38. The van der Waals surface area contributed by atoms with E-state index in [1.807, 2.05) is 0 Å². The Morgan fingerprint density at radius 2 is 1.71 bits per heavy atom. The molecule has 0 amide bonds. The molecule has 2 saturated heterocycles. The number of terminal acetylenes is 1. The van der Waals surface area contributed by atoms with E-state index < -0.39 is 0 Å². The van der Waals surface area contributed by atoms with Crippen molar-refractivity contribution in [2.75, 3.05) is 32.8 Å². The van der Waals surface area contributed by atoms with Gasteiger partial charge in [-0.2, -0.15) is 0 Å². The van der Waals surface area contributed by atoms with Crippen LogP contribution < -0.4 is 0 Å². The Bertz CT molecular complexity index is 630. The van der Waals surface area contributed by atoms with E-state index in [0.717, 1.165) is 37.2 Å². The lowest BCUT2D eigenvalue weighted by molar-refractivity contribution is 0.0540. The number of benzene rings is 1. The fourth-order valence-corrected chi connectivity index (χ4v) is 5.38. The molecule has 28 heavy (non-hydrogen) atoms. The van der Waals surface area contributed by atoms with Crippen molar-refractivity contribution in [3.63, 3.8) is 0 Å². The lowest BCUT2D eigenvalue weighted by Gasteiger charge is -2.38. The maximum Gasteiger partial charge on any atom is 0.0702 e. The molecule has 0 radical (unpaired) electrons. The molecule has 0 bridgehead atoms. The van der Waals surface area contributed by atoms with Crippen LogP contribution in [0, 0.1) is 18.3 Å². The van der Waals surface area contributed by atoms with Crippen LogP contribution >= 0.6 is 0 Å². The lowest BCUT2D eigenvalue weighted by Crippen LogP contribution is -2.43. The maximum absolute atomic E-state index is 5.95. The van der Waals surface area contributed by atoms with Gasteiger partial charge >= 0.3 is 0 Å². The second-order valence-corrected chi connectivity index (χ2v) is 9.09. The van der Waals surface area contributed by atoms with Crippen molar-refractivity contribution >= 4 is 0 Å². The highest BCUT2D eigenvalue weighted by atomic mass is 16.5. The fraction of sp³-hybridized carbons (Fsp3) is 0.680. The Morgan fingerprint density at radius 1 is 0.964 bits per heavy atom. The fourth-order valence-electron chi connectivity index (χ4n) is 5.38. The normalized spacial score (nSPS) is 24.8. The Balaban J connectivity index is 1.32. The van der Waals surface area contributed by atoms with Gasteiger partial charge in [0.05, 0.1) is 6.10 Å². The van der Waals surface area contributed by atoms with Crippen molar-refractivity contribution in [3.05, 3.63) is 35.4 Å². The Morgan fingerprint density at radius 3 is 2.36 bits per heavy atom. The second-order valence-electron chi connectivity index (χ2n) is 9.09. The molecule has 3 fully saturated rings. The van der Waals surface area contributed by atoms with E-state index in [0.29, 0.717) is 6.10 Å². The van der Waals surface area contributed by atoms with Gasteiger partial charge in [0.1, 0.15) is 0 Å². The Labute approximate surface area is 171 Å². The number of hydrogen-bond donors (Lipinski definition) is 0. The van der Waals surface area contributed by atoms with Crippen molar-refractivity contribution in [1.82, 2.24) is 9.80 Å². The van der Waals surface area contributed by atoms with Crippen LogP contribution in [0.4, 0.5) is 0 Å². The van der Waals surface area contributed by atoms with Gasteiger partial charge in [0.15, 0.2) is 0 Å². The molecule has 3 nitrogen and oxygen atoms in total. The smallest absolute Gasteiger partial charge is 0.0702 e. The van der Waals surface area contributed by atoms with Crippen molar-refractivity contribution in [1.29, 1.82) is 0 Å². The zero-order valence-electron chi connectivity index (χ0n) is 17.3. The molecule has 3 heteroatoms. The van der Waals surface area contributed by atoms with Gasteiger partial charge in [-0.15, -0.1) is 6.42 Å². The van der Waals surface area contributed by atoms with E-state index in [1.165, 1.54) is 76.6 Å². The number of hydrogen-bond acceptors (Lipinski definition) is 3. The van der Waals surface area contributed by atoms with Gasteiger partial charge in [-0.25, -0.2) is 0 Å². The quantitative estimate of drug-likeness (QED) is 0.656. The van der Waals surface area contributed by atoms with Crippen LogP contribution in [0.2, 0.25) is 0 Å². The summed E-state index contributed by atoms with van der Waals surface area (Å²) in [7, 11) is 0. The van der Waals surface area contributed by atoms with E-state index in [1.54, 1.807) is 0 Å². The molecular formula is C25H36N2O. The monoisotopic (exact) mass is 380 g/mol. The standard InChI is InChI=1S/C25H36N2O/c1-2-21-9-11-22(12-10-21)18-26(20-25-8-5-17-28-25)19-23-13-15-27(16-14-23)24-6-3-4-7-24/h1,9-12,23-25H,3-8,13-20H2. The molecule has 0 spiro atoms. The summed E-state index contributed by atoms with van der Waals surface area (Å²) in [5, 5.41) is 0. The highest BCUT2D eigenvalue weighted by Gasteiger charge is 2.28. The van der Waals surface area contributed by atoms with Gasteiger partial charge in [-0.1, -0.05) is 30.9 Å². The van der Waals surface area contributed by atoms with Gasteiger partial charge in [-0.05, 0) is 75.2 Å². The van der Waals surface area contributed by atoms with Crippen molar-refractivity contribution in [2.45, 2.75) is 70.1 Å². The molecule has 1 aliphatic carbocycles. The molecule has 4 rings (SSSR count). The van der Waals surface area contributed by atoms with Crippen LogP contribution in [0.3, 0.4) is 0 Å². The highest BCUT2D eigenvalue weighted by Crippen LogP contribution is 2.28. The average molecular weight is 381 g/mol. The predicted molar refractivity (Wildman–Crippen MR) is 115 cm³/mol. The zero-order valence-corrected chi connectivity index (χ0v) is 17.3. The van der Waals surface area contributed by atoms with Crippen LogP contribution in [0.15, 0.2) is 24.3 Å². The van der Waals surface area contributed by atoms with Crippen molar-refractivity contribution in [2.24, 2.45) is 5.92 Å². The highest BCUT2D eigenvalue weighted by molar-refractivity contribution is 5.34. The second kappa shape index (κ2) is 9.92. The molecule has 1 atom stereocenters. The van der Waals surface area contributed by atoms with Crippen LogP contribution in [0.25, 0.3) is 0 Å². The minimum Gasteiger partial charge on any atom is -0.377 e. The Kier molecular flexibility index (Phi) is 7.07. The first-order chi connectivity index (χ1) is 13.8. The van der Waals surface area contributed by atoms with E-state index in [9.17, 15) is 0 Å². The minimum atomic E-state index is 0.420. The van der Waals surface area contributed by atoms with Gasteiger partial charge in [-0.3, -0.25) is 4.90 Å². The summed E-state index contributed by atoms with van der Waals surface area (Å²) in [6.45, 7) is 6.83. The van der Waals surface area contributed by atoms with Gasteiger partial charge in [0, 0.05) is 37.8 Å². The predicted octanol–water partition coefficient (Wildman–Crippen LogP) is 4.30. The van der Waals surface area contributed by atoms with Crippen molar-refractivity contribution < 1.29 is 4.74 Å². The summed E-state index contributed by atoms with van der Waals surface area (Å²) in [6, 6.07) is 9.42. The third-order valence-corrected chi connectivity index (χ3v) is 7.02. The number of rotatable bonds is 7. The van der Waals surface area contributed by atoms with E-state index >= 15 is 0 Å². The maximum atomic E-state index is 5.95. The van der Waals surface area contributed by atoms with E-state index in [2.05, 4.69) is 40.0 Å². The van der Waals surface area contributed by atoms with Gasteiger partial charge in [0.2, 0.25) is 0 Å². The molecule has 152 valence electrons. The van der Waals surface area contributed by atoms with E-state index in [-0.39, 0.29) is 0 Å². The average Bonchev–Trinajstić information content (AvgIpc) is 3.43. The molecule has 1 aromatic rings. The van der Waals surface area contributed by atoms with Gasteiger partial charge < -0.3 is 9.64 Å². The SMILES string of the molecule is C#Cc1ccc(CN(CC2CCN(C3CCCC3)CC2)CC2CCCO2)cc1. The number of nitrogens with zero attached hydrogens (tertiary/aromatic N) is 2. The van der Waals surface area contributed by atoms with Crippen LogP contribution in [-0.4, -0.2) is 54.7 Å². The third-order valence-electron chi connectivity index (χ3n) is 7.02. The summed E-state index contributed by atoms with van der Waals surface area (Å²) in [4.78, 5) is 5.43.